The first-order valence-corrected chi connectivity index (χ1v) is 4.15. The third kappa shape index (κ3) is 6.28. The summed E-state index contributed by atoms with van der Waals surface area (Å²) in [4.78, 5) is 0. The average molecular weight is 161 g/mol. The minimum absolute atomic E-state index is 0.134. The van der Waals surface area contributed by atoms with Crippen molar-refractivity contribution in [3.63, 3.8) is 0 Å². The Bertz CT molecular complexity index is 86.2. The molecule has 0 aliphatic rings. The zero-order chi connectivity index (χ0) is 8.69. The van der Waals surface area contributed by atoms with E-state index in [1.807, 2.05) is 0 Å². The van der Waals surface area contributed by atoms with Gasteiger partial charge in [-0.15, -0.1) is 0 Å². The minimum Gasteiger partial charge on any atom is -0.395 e. The fourth-order valence-electron chi connectivity index (χ4n) is 1.06. The normalized spacial score (nSPS) is 13.9. The Kier molecular flexibility index (Phi) is 6.51. The largest absolute Gasteiger partial charge is 0.395 e. The standard InChI is InChI=1S/C8H19NO2/c1-7(2)5-8(6-11)9-3-4-10/h7-11H,3-6H2,1-2H3. The lowest BCUT2D eigenvalue weighted by atomic mass is 10.0. The molecule has 0 heterocycles. The first-order chi connectivity index (χ1) is 5.20. The molecular formula is C8H19NO2. The molecule has 3 N–H and O–H groups in total. The summed E-state index contributed by atoms with van der Waals surface area (Å²) >= 11 is 0. The lowest BCUT2D eigenvalue weighted by Gasteiger charge is -2.17. The molecule has 68 valence electrons. The Morgan fingerprint density at radius 1 is 1.27 bits per heavy atom. The van der Waals surface area contributed by atoms with Crippen LogP contribution in [0.25, 0.3) is 0 Å². The van der Waals surface area contributed by atoms with E-state index in [1.165, 1.54) is 0 Å². The van der Waals surface area contributed by atoms with E-state index in [0.717, 1.165) is 6.42 Å². The Labute approximate surface area is 68.4 Å². The first-order valence-electron chi connectivity index (χ1n) is 4.15. The van der Waals surface area contributed by atoms with Crippen molar-refractivity contribution in [2.24, 2.45) is 5.92 Å². The second kappa shape index (κ2) is 6.58. The highest BCUT2D eigenvalue weighted by molar-refractivity contribution is 4.66. The first kappa shape index (κ1) is 10.9. The van der Waals surface area contributed by atoms with Gasteiger partial charge >= 0.3 is 0 Å². The molecule has 0 aromatic heterocycles. The van der Waals surface area contributed by atoms with Crippen LogP contribution in [0.3, 0.4) is 0 Å². The van der Waals surface area contributed by atoms with Crippen LogP contribution in [0.1, 0.15) is 20.3 Å². The van der Waals surface area contributed by atoms with Crippen LogP contribution in [-0.2, 0) is 0 Å². The molecule has 0 saturated carbocycles. The Morgan fingerprint density at radius 3 is 2.27 bits per heavy atom. The maximum absolute atomic E-state index is 8.86. The number of aliphatic hydroxyl groups excluding tert-OH is 2. The predicted octanol–water partition coefficient (Wildman–Crippen LogP) is -0.0247. The van der Waals surface area contributed by atoms with Gasteiger partial charge < -0.3 is 15.5 Å². The van der Waals surface area contributed by atoms with Crippen molar-refractivity contribution in [1.82, 2.24) is 5.32 Å². The van der Waals surface area contributed by atoms with E-state index in [0.29, 0.717) is 12.5 Å². The molecule has 1 unspecified atom stereocenters. The van der Waals surface area contributed by atoms with Gasteiger partial charge in [-0.05, 0) is 12.3 Å². The van der Waals surface area contributed by atoms with Gasteiger partial charge in [0.2, 0.25) is 0 Å². The average Bonchev–Trinajstić information content (AvgIpc) is 1.97. The molecule has 0 rings (SSSR count). The number of hydrogen-bond donors (Lipinski definition) is 3. The second-order valence-electron chi connectivity index (χ2n) is 3.19. The molecule has 11 heavy (non-hydrogen) atoms. The minimum atomic E-state index is 0.134. The van der Waals surface area contributed by atoms with Gasteiger partial charge in [-0.3, -0.25) is 0 Å². The summed E-state index contributed by atoms with van der Waals surface area (Å²) in [6.45, 7) is 5.08. The number of rotatable bonds is 6. The molecule has 0 aromatic carbocycles. The van der Waals surface area contributed by atoms with Gasteiger partial charge in [0.05, 0.1) is 13.2 Å². The highest BCUT2D eigenvalue weighted by Crippen LogP contribution is 2.03. The van der Waals surface area contributed by atoms with E-state index in [2.05, 4.69) is 19.2 Å². The van der Waals surface area contributed by atoms with Gasteiger partial charge in [0.25, 0.3) is 0 Å². The van der Waals surface area contributed by atoms with Crippen LogP contribution in [0.2, 0.25) is 0 Å². The van der Waals surface area contributed by atoms with Crippen molar-refractivity contribution in [3.05, 3.63) is 0 Å². The van der Waals surface area contributed by atoms with Crippen LogP contribution in [0.4, 0.5) is 0 Å². The molecule has 0 fully saturated rings. The highest BCUT2D eigenvalue weighted by atomic mass is 16.3. The van der Waals surface area contributed by atoms with Crippen molar-refractivity contribution in [1.29, 1.82) is 0 Å². The summed E-state index contributed by atoms with van der Waals surface area (Å²) in [5.41, 5.74) is 0. The Hall–Kier alpha value is -0.120. The monoisotopic (exact) mass is 161 g/mol. The summed E-state index contributed by atoms with van der Waals surface area (Å²) in [5, 5.41) is 20.4. The Balaban J connectivity index is 3.41. The SMILES string of the molecule is CC(C)CC(CO)NCCO. The van der Waals surface area contributed by atoms with Gasteiger partial charge in [-0.25, -0.2) is 0 Å². The third-order valence-corrected chi connectivity index (χ3v) is 1.52. The number of hydrogen-bond acceptors (Lipinski definition) is 3. The molecule has 0 aliphatic heterocycles. The van der Waals surface area contributed by atoms with Gasteiger partial charge in [0, 0.05) is 12.6 Å². The summed E-state index contributed by atoms with van der Waals surface area (Å²) in [6, 6.07) is 0.141. The molecule has 0 saturated heterocycles. The fraction of sp³-hybridized carbons (Fsp3) is 1.00. The van der Waals surface area contributed by atoms with Crippen LogP contribution in [0, 0.1) is 5.92 Å². The van der Waals surface area contributed by atoms with E-state index in [1.54, 1.807) is 0 Å². The van der Waals surface area contributed by atoms with Crippen LogP contribution in [-0.4, -0.2) is 36.0 Å². The molecule has 3 heteroatoms. The molecule has 0 spiro atoms. The van der Waals surface area contributed by atoms with E-state index < -0.39 is 0 Å². The lowest BCUT2D eigenvalue weighted by Crippen LogP contribution is -2.35. The lowest BCUT2D eigenvalue weighted by molar-refractivity contribution is 0.210. The van der Waals surface area contributed by atoms with Crippen molar-refractivity contribution in [2.45, 2.75) is 26.3 Å². The van der Waals surface area contributed by atoms with Crippen LogP contribution in [0.5, 0.6) is 0 Å². The van der Waals surface area contributed by atoms with Crippen molar-refractivity contribution in [2.75, 3.05) is 19.8 Å². The molecule has 0 amide bonds. The highest BCUT2D eigenvalue weighted by Gasteiger charge is 2.07. The molecule has 0 aromatic rings. The van der Waals surface area contributed by atoms with E-state index in [-0.39, 0.29) is 19.3 Å². The topological polar surface area (TPSA) is 52.5 Å². The zero-order valence-corrected chi connectivity index (χ0v) is 7.38. The molecule has 0 aliphatic carbocycles. The quantitative estimate of drug-likeness (QED) is 0.513. The van der Waals surface area contributed by atoms with Gasteiger partial charge in [0.15, 0.2) is 0 Å². The zero-order valence-electron chi connectivity index (χ0n) is 7.38. The van der Waals surface area contributed by atoms with E-state index in [9.17, 15) is 0 Å². The smallest absolute Gasteiger partial charge is 0.0584 e. The molecule has 0 bridgehead atoms. The van der Waals surface area contributed by atoms with Crippen molar-refractivity contribution >= 4 is 0 Å². The molecular weight excluding hydrogens is 142 g/mol. The van der Waals surface area contributed by atoms with Gasteiger partial charge in [-0.1, -0.05) is 13.8 Å². The van der Waals surface area contributed by atoms with Crippen LogP contribution in [0.15, 0.2) is 0 Å². The van der Waals surface area contributed by atoms with Crippen LogP contribution < -0.4 is 5.32 Å². The summed E-state index contributed by atoms with van der Waals surface area (Å²) < 4.78 is 0. The number of nitrogens with one attached hydrogen (secondary N) is 1. The maximum atomic E-state index is 8.86. The van der Waals surface area contributed by atoms with Crippen LogP contribution >= 0.6 is 0 Å². The molecule has 0 radical (unpaired) electrons. The second-order valence-corrected chi connectivity index (χ2v) is 3.19. The molecule has 3 nitrogen and oxygen atoms in total. The van der Waals surface area contributed by atoms with E-state index in [4.69, 9.17) is 10.2 Å². The van der Waals surface area contributed by atoms with Gasteiger partial charge in [0.1, 0.15) is 0 Å². The fourth-order valence-corrected chi connectivity index (χ4v) is 1.06. The van der Waals surface area contributed by atoms with E-state index >= 15 is 0 Å². The summed E-state index contributed by atoms with van der Waals surface area (Å²) in [7, 11) is 0. The predicted molar refractivity (Wildman–Crippen MR) is 45.4 cm³/mol. The van der Waals surface area contributed by atoms with Gasteiger partial charge in [-0.2, -0.15) is 0 Å². The van der Waals surface area contributed by atoms with Crippen molar-refractivity contribution < 1.29 is 10.2 Å². The maximum Gasteiger partial charge on any atom is 0.0584 e. The molecule has 1 atom stereocenters. The Morgan fingerprint density at radius 2 is 1.91 bits per heavy atom. The summed E-state index contributed by atoms with van der Waals surface area (Å²) in [6.07, 6.45) is 0.955. The summed E-state index contributed by atoms with van der Waals surface area (Å²) in [5.74, 6) is 0.582. The van der Waals surface area contributed by atoms with Crippen molar-refractivity contribution in [3.8, 4) is 0 Å². The third-order valence-electron chi connectivity index (χ3n) is 1.52. The number of aliphatic hydroxyl groups is 2.